The SMILES string of the molecule is Cc1cc(NC(=O)COC(=O)CCn2c(=O)oc3ccccc32)no1. The minimum absolute atomic E-state index is 0.0697. The van der Waals surface area contributed by atoms with E-state index in [0.717, 1.165) is 0 Å². The Bertz CT molecular complexity index is 968. The van der Waals surface area contributed by atoms with E-state index in [1.54, 1.807) is 31.2 Å². The van der Waals surface area contributed by atoms with Crippen LogP contribution in [0.25, 0.3) is 11.1 Å². The van der Waals surface area contributed by atoms with E-state index in [9.17, 15) is 14.4 Å². The van der Waals surface area contributed by atoms with Crippen LogP contribution in [0.15, 0.2) is 44.1 Å². The molecular weight excluding hydrogens is 330 g/mol. The van der Waals surface area contributed by atoms with Crippen LogP contribution >= 0.6 is 0 Å². The molecule has 2 heterocycles. The second-order valence-electron chi connectivity index (χ2n) is 5.27. The van der Waals surface area contributed by atoms with Gasteiger partial charge in [0.1, 0.15) is 5.76 Å². The van der Waals surface area contributed by atoms with E-state index in [-0.39, 0.29) is 18.8 Å². The average Bonchev–Trinajstić information content (AvgIpc) is 3.13. The van der Waals surface area contributed by atoms with Crippen molar-refractivity contribution < 1.29 is 23.3 Å². The fourth-order valence-electron chi connectivity index (χ4n) is 2.25. The van der Waals surface area contributed by atoms with E-state index >= 15 is 0 Å². The van der Waals surface area contributed by atoms with Gasteiger partial charge in [0.25, 0.3) is 5.91 Å². The fraction of sp³-hybridized carbons (Fsp3) is 0.250. The molecule has 0 saturated carbocycles. The van der Waals surface area contributed by atoms with Crippen LogP contribution in [0.3, 0.4) is 0 Å². The molecule has 0 unspecified atom stereocenters. The second-order valence-corrected chi connectivity index (χ2v) is 5.27. The largest absolute Gasteiger partial charge is 0.456 e. The smallest absolute Gasteiger partial charge is 0.419 e. The summed E-state index contributed by atoms with van der Waals surface area (Å²) in [5, 5.41) is 6.03. The molecule has 0 aliphatic rings. The van der Waals surface area contributed by atoms with Gasteiger partial charge >= 0.3 is 11.7 Å². The van der Waals surface area contributed by atoms with Crippen molar-refractivity contribution in [2.24, 2.45) is 0 Å². The van der Waals surface area contributed by atoms with Crippen molar-refractivity contribution in [3.05, 3.63) is 46.6 Å². The van der Waals surface area contributed by atoms with Crippen molar-refractivity contribution in [3.63, 3.8) is 0 Å². The standard InChI is InChI=1S/C16H15N3O6/c1-10-8-13(18-25-10)17-14(20)9-23-15(21)6-7-19-11-4-2-3-5-12(11)24-16(19)22/h2-5,8H,6-7,9H2,1H3,(H,17,18,20). The van der Waals surface area contributed by atoms with E-state index < -0.39 is 24.2 Å². The molecule has 0 spiro atoms. The van der Waals surface area contributed by atoms with Crippen molar-refractivity contribution >= 4 is 28.8 Å². The van der Waals surface area contributed by atoms with Gasteiger partial charge in [-0.2, -0.15) is 0 Å². The highest BCUT2D eigenvalue weighted by Gasteiger charge is 2.13. The maximum absolute atomic E-state index is 11.8. The van der Waals surface area contributed by atoms with Gasteiger partial charge in [-0.1, -0.05) is 17.3 Å². The Hall–Kier alpha value is -3.36. The van der Waals surface area contributed by atoms with Gasteiger partial charge in [0.05, 0.1) is 11.9 Å². The fourth-order valence-corrected chi connectivity index (χ4v) is 2.25. The number of rotatable bonds is 6. The highest BCUT2D eigenvalue weighted by molar-refractivity contribution is 5.91. The lowest BCUT2D eigenvalue weighted by Crippen LogP contribution is -2.22. The third-order valence-electron chi connectivity index (χ3n) is 3.37. The second kappa shape index (κ2) is 7.04. The number of esters is 1. The van der Waals surface area contributed by atoms with Crippen LogP contribution in [-0.2, 0) is 20.9 Å². The molecule has 0 saturated heterocycles. The Labute approximate surface area is 141 Å². The molecule has 0 atom stereocenters. The summed E-state index contributed by atoms with van der Waals surface area (Å²) in [6.07, 6.45) is -0.0697. The monoisotopic (exact) mass is 345 g/mol. The summed E-state index contributed by atoms with van der Waals surface area (Å²) in [6.45, 7) is 1.33. The van der Waals surface area contributed by atoms with E-state index in [2.05, 4.69) is 10.5 Å². The van der Waals surface area contributed by atoms with Gasteiger partial charge < -0.3 is 19.0 Å². The van der Waals surface area contributed by atoms with E-state index in [1.807, 2.05) is 0 Å². The van der Waals surface area contributed by atoms with Crippen molar-refractivity contribution in [1.82, 2.24) is 9.72 Å². The number of anilines is 1. The minimum Gasteiger partial charge on any atom is -0.456 e. The zero-order valence-electron chi connectivity index (χ0n) is 13.4. The Morgan fingerprint density at radius 1 is 1.32 bits per heavy atom. The molecule has 1 amide bonds. The van der Waals surface area contributed by atoms with Gasteiger partial charge in [-0.25, -0.2) is 4.79 Å². The lowest BCUT2D eigenvalue weighted by Gasteiger charge is -2.05. The van der Waals surface area contributed by atoms with Crippen molar-refractivity contribution in [3.8, 4) is 0 Å². The normalized spacial score (nSPS) is 10.8. The number of amides is 1. The van der Waals surface area contributed by atoms with Crippen LogP contribution in [0.2, 0.25) is 0 Å². The maximum atomic E-state index is 11.8. The zero-order chi connectivity index (χ0) is 17.8. The molecule has 1 aromatic carbocycles. The summed E-state index contributed by atoms with van der Waals surface area (Å²) in [5.74, 6) is -0.899. The first kappa shape index (κ1) is 16.5. The summed E-state index contributed by atoms with van der Waals surface area (Å²) in [7, 11) is 0. The summed E-state index contributed by atoms with van der Waals surface area (Å²) < 4.78 is 16.1. The molecule has 0 bridgehead atoms. The lowest BCUT2D eigenvalue weighted by atomic mass is 10.3. The summed E-state index contributed by atoms with van der Waals surface area (Å²) in [5.41, 5.74) is 1.04. The van der Waals surface area contributed by atoms with Gasteiger partial charge in [-0.3, -0.25) is 14.2 Å². The first-order valence-electron chi connectivity index (χ1n) is 7.50. The van der Waals surface area contributed by atoms with Gasteiger partial charge in [-0.05, 0) is 19.1 Å². The number of para-hydroxylation sites is 2. The van der Waals surface area contributed by atoms with Crippen molar-refractivity contribution in [2.75, 3.05) is 11.9 Å². The molecule has 25 heavy (non-hydrogen) atoms. The molecule has 0 aliphatic heterocycles. The lowest BCUT2D eigenvalue weighted by molar-refractivity contribution is -0.147. The molecule has 3 rings (SSSR count). The Balaban J connectivity index is 1.50. The van der Waals surface area contributed by atoms with Gasteiger partial charge in [0.15, 0.2) is 18.0 Å². The highest BCUT2D eigenvalue weighted by Crippen LogP contribution is 2.12. The van der Waals surface area contributed by atoms with Crippen LogP contribution in [0.1, 0.15) is 12.2 Å². The highest BCUT2D eigenvalue weighted by atomic mass is 16.5. The summed E-state index contributed by atoms with van der Waals surface area (Å²) in [6, 6.07) is 8.44. The van der Waals surface area contributed by atoms with Crippen LogP contribution < -0.4 is 11.1 Å². The van der Waals surface area contributed by atoms with Crippen LogP contribution in [0.4, 0.5) is 5.82 Å². The number of nitrogens with zero attached hydrogens (tertiary/aromatic N) is 2. The average molecular weight is 345 g/mol. The Morgan fingerprint density at radius 2 is 2.12 bits per heavy atom. The topological polar surface area (TPSA) is 117 Å². The number of carbonyl (C=O) groups excluding carboxylic acids is 2. The first-order valence-corrected chi connectivity index (χ1v) is 7.50. The van der Waals surface area contributed by atoms with E-state index in [0.29, 0.717) is 16.9 Å². The third kappa shape index (κ3) is 3.94. The Morgan fingerprint density at radius 3 is 2.88 bits per heavy atom. The molecule has 2 aromatic heterocycles. The molecule has 1 N–H and O–H groups in total. The van der Waals surface area contributed by atoms with Crippen LogP contribution in [-0.4, -0.2) is 28.2 Å². The number of aromatic nitrogens is 2. The van der Waals surface area contributed by atoms with Crippen molar-refractivity contribution in [1.29, 1.82) is 0 Å². The number of aryl methyl sites for hydroxylation is 2. The maximum Gasteiger partial charge on any atom is 0.419 e. The number of oxazole rings is 1. The number of hydrogen-bond donors (Lipinski definition) is 1. The van der Waals surface area contributed by atoms with E-state index in [4.69, 9.17) is 13.7 Å². The molecular formula is C16H15N3O6. The number of hydrogen-bond acceptors (Lipinski definition) is 7. The number of ether oxygens (including phenoxy) is 1. The third-order valence-corrected chi connectivity index (χ3v) is 3.37. The number of benzene rings is 1. The molecule has 0 fully saturated rings. The van der Waals surface area contributed by atoms with E-state index in [1.165, 1.54) is 10.6 Å². The van der Waals surface area contributed by atoms with Gasteiger partial charge in [-0.15, -0.1) is 0 Å². The number of carbonyl (C=O) groups is 2. The zero-order valence-corrected chi connectivity index (χ0v) is 13.4. The predicted molar refractivity (Wildman–Crippen MR) is 85.9 cm³/mol. The summed E-state index contributed by atoms with van der Waals surface area (Å²) >= 11 is 0. The quantitative estimate of drug-likeness (QED) is 0.672. The predicted octanol–water partition coefficient (Wildman–Crippen LogP) is 1.46. The first-order chi connectivity index (χ1) is 12.0. The number of fused-ring (bicyclic) bond motifs is 1. The summed E-state index contributed by atoms with van der Waals surface area (Å²) in [4.78, 5) is 35.2. The molecule has 3 aromatic rings. The molecule has 9 heteroatoms. The molecule has 130 valence electrons. The van der Waals surface area contributed by atoms with Crippen LogP contribution in [0.5, 0.6) is 0 Å². The van der Waals surface area contributed by atoms with Crippen LogP contribution in [0, 0.1) is 6.92 Å². The van der Waals surface area contributed by atoms with Gasteiger partial charge in [0.2, 0.25) is 0 Å². The van der Waals surface area contributed by atoms with Gasteiger partial charge in [0, 0.05) is 12.6 Å². The van der Waals surface area contributed by atoms with Crippen molar-refractivity contribution in [2.45, 2.75) is 19.9 Å². The Kier molecular flexibility index (Phi) is 4.64. The molecule has 0 aliphatic carbocycles. The molecule has 9 nitrogen and oxygen atoms in total. The number of nitrogens with one attached hydrogen (secondary N) is 1. The minimum atomic E-state index is -0.608. The molecule has 0 radical (unpaired) electrons.